The number of carbonyl (C=O) groups excluding carboxylic acids is 1. The predicted octanol–water partition coefficient (Wildman–Crippen LogP) is -0.687. The molecular formula is C7H16N2O3. The molecule has 12 heavy (non-hydrogen) atoms. The second kappa shape index (κ2) is 6.87. The largest absolute Gasteiger partial charge is 0.394 e. The van der Waals surface area contributed by atoms with Gasteiger partial charge in [0, 0.05) is 13.7 Å². The molecule has 0 aliphatic rings. The molecule has 0 bridgehead atoms. The monoisotopic (exact) mass is 176 g/mol. The summed E-state index contributed by atoms with van der Waals surface area (Å²) in [7, 11) is 1.52. The number of carbonyl (C=O) groups is 1. The van der Waals surface area contributed by atoms with Gasteiger partial charge in [-0.15, -0.1) is 0 Å². The maximum absolute atomic E-state index is 10.9. The van der Waals surface area contributed by atoms with E-state index in [2.05, 4.69) is 10.6 Å². The molecule has 0 saturated carbocycles. The Labute approximate surface area is 72.1 Å². The van der Waals surface area contributed by atoms with E-state index in [1.807, 2.05) is 6.92 Å². The maximum atomic E-state index is 10.9. The SMILES string of the molecule is CCNC(=O)NC(CO)COC. The minimum Gasteiger partial charge on any atom is -0.394 e. The Morgan fingerprint density at radius 1 is 1.67 bits per heavy atom. The zero-order valence-corrected chi connectivity index (χ0v) is 7.46. The van der Waals surface area contributed by atoms with Gasteiger partial charge < -0.3 is 20.5 Å². The summed E-state index contributed by atoms with van der Waals surface area (Å²) < 4.78 is 4.77. The quantitative estimate of drug-likeness (QED) is 0.519. The molecule has 0 rings (SSSR count). The summed E-state index contributed by atoms with van der Waals surface area (Å²) in [6.07, 6.45) is 0. The lowest BCUT2D eigenvalue weighted by Crippen LogP contribution is -2.45. The molecule has 5 nitrogen and oxygen atoms in total. The number of nitrogens with one attached hydrogen (secondary N) is 2. The Balaban J connectivity index is 3.61. The summed E-state index contributed by atoms with van der Waals surface area (Å²) >= 11 is 0. The number of hydrogen-bond donors (Lipinski definition) is 3. The molecule has 0 aromatic carbocycles. The fourth-order valence-corrected chi connectivity index (χ4v) is 0.738. The fraction of sp³-hybridized carbons (Fsp3) is 0.857. The van der Waals surface area contributed by atoms with Gasteiger partial charge in [-0.1, -0.05) is 0 Å². The molecule has 1 atom stereocenters. The van der Waals surface area contributed by atoms with Gasteiger partial charge in [-0.2, -0.15) is 0 Å². The van der Waals surface area contributed by atoms with Crippen molar-refractivity contribution in [2.24, 2.45) is 0 Å². The van der Waals surface area contributed by atoms with Gasteiger partial charge in [-0.3, -0.25) is 0 Å². The van der Waals surface area contributed by atoms with Crippen molar-refractivity contribution >= 4 is 6.03 Å². The third-order valence-electron chi connectivity index (χ3n) is 1.26. The molecule has 2 amide bonds. The van der Waals surface area contributed by atoms with E-state index in [1.165, 1.54) is 7.11 Å². The van der Waals surface area contributed by atoms with Crippen LogP contribution >= 0.6 is 0 Å². The van der Waals surface area contributed by atoms with Gasteiger partial charge in [0.15, 0.2) is 0 Å². The van der Waals surface area contributed by atoms with Gasteiger partial charge in [-0.25, -0.2) is 4.79 Å². The van der Waals surface area contributed by atoms with E-state index in [-0.39, 0.29) is 18.7 Å². The first-order valence-corrected chi connectivity index (χ1v) is 3.88. The first-order valence-electron chi connectivity index (χ1n) is 3.88. The van der Waals surface area contributed by atoms with Crippen LogP contribution in [-0.2, 0) is 4.74 Å². The average molecular weight is 176 g/mol. The summed E-state index contributed by atoms with van der Waals surface area (Å²) in [5.41, 5.74) is 0. The molecule has 0 radical (unpaired) electrons. The van der Waals surface area contributed by atoms with Crippen LogP contribution < -0.4 is 10.6 Å². The molecule has 1 unspecified atom stereocenters. The minimum atomic E-state index is -0.332. The Hall–Kier alpha value is -0.810. The predicted molar refractivity (Wildman–Crippen MR) is 45.0 cm³/mol. The molecule has 3 N–H and O–H groups in total. The second-order valence-electron chi connectivity index (χ2n) is 2.34. The Bertz CT molecular complexity index is 130. The number of ether oxygens (including phenoxy) is 1. The molecule has 0 spiro atoms. The number of aliphatic hydroxyl groups excluding tert-OH is 1. The number of amides is 2. The van der Waals surface area contributed by atoms with Gasteiger partial charge in [0.25, 0.3) is 0 Å². The lowest BCUT2D eigenvalue weighted by atomic mass is 10.3. The van der Waals surface area contributed by atoms with E-state index >= 15 is 0 Å². The van der Waals surface area contributed by atoms with Crippen molar-refractivity contribution in [2.45, 2.75) is 13.0 Å². The van der Waals surface area contributed by atoms with Crippen LogP contribution in [0.3, 0.4) is 0 Å². The van der Waals surface area contributed by atoms with Crippen molar-refractivity contribution in [3.63, 3.8) is 0 Å². The van der Waals surface area contributed by atoms with Gasteiger partial charge in [0.05, 0.1) is 19.3 Å². The molecule has 0 aliphatic carbocycles. The van der Waals surface area contributed by atoms with Gasteiger partial charge in [0.1, 0.15) is 0 Å². The molecule has 0 aliphatic heterocycles. The summed E-state index contributed by atoms with van der Waals surface area (Å²) in [5.74, 6) is 0. The fourth-order valence-electron chi connectivity index (χ4n) is 0.738. The lowest BCUT2D eigenvalue weighted by Gasteiger charge is -2.14. The van der Waals surface area contributed by atoms with Crippen LogP contribution in [0, 0.1) is 0 Å². The van der Waals surface area contributed by atoms with Crippen molar-refractivity contribution in [1.29, 1.82) is 0 Å². The van der Waals surface area contributed by atoms with E-state index in [0.717, 1.165) is 0 Å². The lowest BCUT2D eigenvalue weighted by molar-refractivity contribution is 0.130. The molecular weight excluding hydrogens is 160 g/mol. The highest BCUT2D eigenvalue weighted by Crippen LogP contribution is 1.82. The smallest absolute Gasteiger partial charge is 0.315 e. The highest BCUT2D eigenvalue weighted by Gasteiger charge is 2.08. The van der Waals surface area contributed by atoms with Crippen LogP contribution in [0.4, 0.5) is 4.79 Å². The van der Waals surface area contributed by atoms with Gasteiger partial charge in [0.2, 0.25) is 0 Å². The van der Waals surface area contributed by atoms with E-state index in [0.29, 0.717) is 13.2 Å². The minimum absolute atomic E-state index is 0.120. The number of methoxy groups -OCH3 is 1. The zero-order valence-electron chi connectivity index (χ0n) is 7.46. The summed E-state index contributed by atoms with van der Waals surface area (Å²) in [6, 6.07) is -0.616. The standard InChI is InChI=1S/C7H16N2O3/c1-3-8-7(11)9-6(4-10)5-12-2/h6,10H,3-5H2,1-2H3,(H2,8,9,11). The molecule has 72 valence electrons. The van der Waals surface area contributed by atoms with Gasteiger partial charge in [-0.05, 0) is 6.92 Å². The second-order valence-corrected chi connectivity index (χ2v) is 2.34. The number of rotatable bonds is 5. The summed E-state index contributed by atoms with van der Waals surface area (Å²) in [6.45, 7) is 2.58. The number of urea groups is 1. The van der Waals surface area contributed by atoms with E-state index in [9.17, 15) is 4.79 Å². The highest BCUT2D eigenvalue weighted by atomic mass is 16.5. The average Bonchev–Trinajstić information content (AvgIpc) is 2.04. The Morgan fingerprint density at radius 2 is 2.33 bits per heavy atom. The summed E-state index contributed by atoms with van der Waals surface area (Å²) in [4.78, 5) is 10.9. The van der Waals surface area contributed by atoms with Crippen LogP contribution in [0.5, 0.6) is 0 Å². The summed E-state index contributed by atoms with van der Waals surface area (Å²) in [5, 5.41) is 13.8. The van der Waals surface area contributed by atoms with Crippen molar-refractivity contribution < 1.29 is 14.6 Å². The van der Waals surface area contributed by atoms with E-state index in [4.69, 9.17) is 9.84 Å². The molecule has 0 aromatic rings. The number of aliphatic hydroxyl groups is 1. The van der Waals surface area contributed by atoms with Gasteiger partial charge >= 0.3 is 6.03 Å². The van der Waals surface area contributed by atoms with Crippen LogP contribution in [0.25, 0.3) is 0 Å². The van der Waals surface area contributed by atoms with Crippen LogP contribution in [0.2, 0.25) is 0 Å². The Kier molecular flexibility index (Phi) is 6.41. The topological polar surface area (TPSA) is 70.6 Å². The van der Waals surface area contributed by atoms with Crippen molar-refractivity contribution in [2.75, 3.05) is 26.9 Å². The molecule has 0 saturated heterocycles. The normalized spacial score (nSPS) is 12.2. The molecule has 5 heteroatoms. The first kappa shape index (κ1) is 11.2. The van der Waals surface area contributed by atoms with Crippen LogP contribution in [0.1, 0.15) is 6.92 Å². The van der Waals surface area contributed by atoms with Crippen molar-refractivity contribution in [3.8, 4) is 0 Å². The highest BCUT2D eigenvalue weighted by molar-refractivity contribution is 5.74. The van der Waals surface area contributed by atoms with E-state index < -0.39 is 0 Å². The first-order chi connectivity index (χ1) is 5.74. The van der Waals surface area contributed by atoms with Crippen molar-refractivity contribution in [1.82, 2.24) is 10.6 Å². The molecule has 0 heterocycles. The third kappa shape index (κ3) is 4.92. The third-order valence-corrected chi connectivity index (χ3v) is 1.26. The van der Waals surface area contributed by atoms with Crippen molar-refractivity contribution in [3.05, 3.63) is 0 Å². The molecule has 0 aromatic heterocycles. The number of hydrogen-bond acceptors (Lipinski definition) is 3. The zero-order chi connectivity index (χ0) is 9.40. The maximum Gasteiger partial charge on any atom is 0.315 e. The Morgan fingerprint density at radius 3 is 2.75 bits per heavy atom. The van der Waals surface area contributed by atoms with E-state index in [1.54, 1.807) is 0 Å². The van der Waals surface area contributed by atoms with Crippen LogP contribution in [-0.4, -0.2) is 44.0 Å². The molecule has 0 fully saturated rings. The van der Waals surface area contributed by atoms with Crippen LogP contribution in [0.15, 0.2) is 0 Å².